The van der Waals surface area contributed by atoms with Crippen molar-refractivity contribution in [2.75, 3.05) is 32.2 Å². The normalized spacial score (nSPS) is 15.7. The van der Waals surface area contributed by atoms with E-state index in [9.17, 15) is 4.21 Å². The zero-order valence-electron chi connectivity index (χ0n) is 20.7. The van der Waals surface area contributed by atoms with E-state index in [0.717, 1.165) is 0 Å². The minimum absolute atomic E-state index is 0.0509. The number of hydrogen-bond acceptors (Lipinski definition) is 8. The minimum Gasteiger partial charge on any atom is -0.494 e. The van der Waals surface area contributed by atoms with Crippen molar-refractivity contribution in [3.05, 3.63) is 47.3 Å². The molecule has 3 atom stereocenters. The molecule has 1 aliphatic heterocycles. The van der Waals surface area contributed by atoms with E-state index in [2.05, 4.69) is 24.9 Å². The fraction of sp³-hybridized carbons (Fsp3) is 0.478. The number of hydrogen-bond donors (Lipinski definition) is 1. The maximum absolute atomic E-state index is 13.3. The highest BCUT2D eigenvalue weighted by molar-refractivity contribution is 7.87. The predicted molar refractivity (Wildman–Crippen MR) is 136 cm³/mol. The van der Waals surface area contributed by atoms with Gasteiger partial charge in [0, 0.05) is 18.3 Å². The van der Waals surface area contributed by atoms with Gasteiger partial charge in [0.15, 0.2) is 0 Å². The first-order valence-electron chi connectivity index (χ1n) is 11.3. The second-order valence-electron chi connectivity index (χ2n) is 7.62. The second-order valence-corrected chi connectivity index (χ2v) is 9.59. The third kappa shape index (κ3) is 5.74. The van der Waals surface area contributed by atoms with E-state index in [4.69, 9.17) is 25.8 Å². The van der Waals surface area contributed by atoms with E-state index < -0.39 is 11.0 Å². The molecule has 35 heavy (non-hydrogen) atoms. The molecule has 3 aromatic rings. The smallest absolute Gasteiger partial charge is 0.241 e. The number of nitrogens with one attached hydrogen (secondary N) is 1. The molecule has 1 N–H and O–H groups in total. The number of aromatic nitrogens is 5. The van der Waals surface area contributed by atoms with Gasteiger partial charge < -0.3 is 14.2 Å². The van der Waals surface area contributed by atoms with Crippen LogP contribution >= 0.6 is 11.6 Å². The van der Waals surface area contributed by atoms with Crippen LogP contribution in [0.3, 0.4) is 0 Å². The highest BCUT2D eigenvalue weighted by Crippen LogP contribution is 2.38. The first-order chi connectivity index (χ1) is 16.9. The number of para-hydroxylation sites is 1. The van der Waals surface area contributed by atoms with Crippen LogP contribution in [-0.2, 0) is 15.7 Å². The monoisotopic (exact) mass is 522 g/mol. The van der Waals surface area contributed by atoms with Crippen LogP contribution in [0.2, 0.25) is 5.02 Å². The first kappa shape index (κ1) is 26.8. The Morgan fingerprint density at radius 2 is 1.71 bits per heavy atom. The number of halogens is 1. The Morgan fingerprint density at radius 3 is 2.23 bits per heavy atom. The number of methoxy groups -OCH3 is 2. The summed E-state index contributed by atoms with van der Waals surface area (Å²) < 4.78 is 34.7. The highest BCUT2D eigenvalue weighted by Gasteiger charge is 2.32. The Morgan fingerprint density at radius 1 is 1.11 bits per heavy atom. The lowest BCUT2D eigenvalue weighted by atomic mass is 10.1. The maximum atomic E-state index is 13.3. The van der Waals surface area contributed by atoms with Crippen LogP contribution in [0.15, 0.2) is 30.6 Å². The number of anilines is 1. The fourth-order valence-corrected chi connectivity index (χ4v) is 4.51. The van der Waals surface area contributed by atoms with Gasteiger partial charge in [0.1, 0.15) is 39.8 Å². The summed E-state index contributed by atoms with van der Waals surface area (Å²) in [5.41, 5.74) is 0.621. The lowest BCUT2D eigenvalue weighted by Crippen LogP contribution is -2.29. The fourth-order valence-electron chi connectivity index (χ4n) is 3.42. The van der Waals surface area contributed by atoms with Crippen molar-refractivity contribution < 1.29 is 18.4 Å². The quantitative estimate of drug-likeness (QED) is 0.446. The van der Waals surface area contributed by atoms with Gasteiger partial charge in [-0.15, -0.1) is 10.2 Å². The van der Waals surface area contributed by atoms with Crippen LogP contribution in [0.5, 0.6) is 11.5 Å². The van der Waals surface area contributed by atoms with Crippen LogP contribution in [0.25, 0.3) is 5.69 Å². The van der Waals surface area contributed by atoms with E-state index >= 15 is 0 Å². The Balaban J connectivity index is 0.00000167. The largest absolute Gasteiger partial charge is 0.494 e. The third-order valence-corrected chi connectivity index (χ3v) is 7.26. The summed E-state index contributed by atoms with van der Waals surface area (Å²) in [6.07, 6.45) is 3.06. The Labute approximate surface area is 213 Å². The topological polar surface area (TPSA) is 113 Å². The molecule has 10 nitrogen and oxygen atoms in total. The van der Waals surface area contributed by atoms with E-state index in [1.165, 1.54) is 12.4 Å². The maximum Gasteiger partial charge on any atom is 0.241 e. The summed E-state index contributed by atoms with van der Waals surface area (Å²) in [6.45, 7) is 8.83. The zero-order valence-corrected chi connectivity index (χ0v) is 22.3. The van der Waals surface area contributed by atoms with Crippen LogP contribution in [-0.4, -0.2) is 61.6 Å². The summed E-state index contributed by atoms with van der Waals surface area (Å²) in [7, 11) is 1.62. The van der Waals surface area contributed by atoms with Gasteiger partial charge in [-0.1, -0.05) is 38.4 Å². The predicted octanol–water partition coefficient (Wildman–Crippen LogP) is 4.14. The van der Waals surface area contributed by atoms with Gasteiger partial charge in [0.25, 0.3) is 0 Å². The SMILES string of the molecule is CC.COc1cccc(OC)c1-n1c(NS(=O)C(C)C(C)c2ncc(Cl)cn2)nnc1C1COC1. The summed E-state index contributed by atoms with van der Waals surface area (Å²) >= 11 is 5.89. The molecular formula is C23H31ClN6O4S. The van der Waals surface area contributed by atoms with Gasteiger partial charge >= 0.3 is 0 Å². The zero-order chi connectivity index (χ0) is 25.5. The van der Waals surface area contributed by atoms with Crippen molar-refractivity contribution in [3.8, 4) is 17.2 Å². The summed E-state index contributed by atoms with van der Waals surface area (Å²) in [4.78, 5) is 8.52. The minimum atomic E-state index is -1.54. The summed E-state index contributed by atoms with van der Waals surface area (Å²) in [6, 6.07) is 5.48. The van der Waals surface area contributed by atoms with Crippen molar-refractivity contribution in [3.63, 3.8) is 0 Å². The molecule has 1 aliphatic rings. The van der Waals surface area contributed by atoms with Gasteiger partial charge in [-0.05, 0) is 19.1 Å². The molecule has 1 saturated heterocycles. The van der Waals surface area contributed by atoms with Crippen molar-refractivity contribution in [2.24, 2.45) is 0 Å². The second kappa shape index (κ2) is 12.3. The molecule has 12 heteroatoms. The summed E-state index contributed by atoms with van der Waals surface area (Å²) in [5.74, 6) is 2.53. The van der Waals surface area contributed by atoms with Crippen molar-refractivity contribution >= 4 is 28.5 Å². The Bertz CT molecular complexity index is 1120. The standard InChI is InChI=1S/C21H25ClN6O4S.C2H6/c1-12(19-23-8-15(22)9-24-19)13(2)33(29)27-21-26-25-20(14-10-32-11-14)28(21)18-16(30-3)6-5-7-17(18)31-4;1-2/h5-9,12-14H,10-11H2,1-4H3,(H,26,27);1-2H3. The van der Waals surface area contributed by atoms with Gasteiger partial charge in [0.05, 0.1) is 43.6 Å². The van der Waals surface area contributed by atoms with Gasteiger partial charge in [-0.3, -0.25) is 9.29 Å². The molecular weight excluding hydrogens is 492 g/mol. The third-order valence-electron chi connectivity index (χ3n) is 5.60. The van der Waals surface area contributed by atoms with E-state index in [1.54, 1.807) is 18.8 Å². The lowest BCUT2D eigenvalue weighted by molar-refractivity contribution is 0.00415. The molecule has 0 spiro atoms. The molecule has 0 saturated carbocycles. The Hall–Kier alpha value is -2.76. The Kier molecular flexibility index (Phi) is 9.41. The van der Waals surface area contributed by atoms with Crippen molar-refractivity contribution in [1.29, 1.82) is 0 Å². The molecule has 0 bridgehead atoms. The highest BCUT2D eigenvalue weighted by atomic mass is 35.5. The molecule has 4 rings (SSSR count). The molecule has 0 aliphatic carbocycles. The van der Waals surface area contributed by atoms with Crippen molar-refractivity contribution in [1.82, 2.24) is 24.7 Å². The van der Waals surface area contributed by atoms with E-state index in [0.29, 0.717) is 53.0 Å². The molecule has 0 amide bonds. The van der Waals surface area contributed by atoms with E-state index in [1.807, 2.05) is 45.9 Å². The van der Waals surface area contributed by atoms with Gasteiger partial charge in [-0.2, -0.15) is 0 Å². The van der Waals surface area contributed by atoms with Gasteiger partial charge in [0.2, 0.25) is 5.95 Å². The number of nitrogens with zero attached hydrogens (tertiary/aromatic N) is 5. The van der Waals surface area contributed by atoms with Crippen LogP contribution < -0.4 is 14.2 Å². The lowest BCUT2D eigenvalue weighted by Gasteiger charge is -2.27. The molecule has 1 aromatic carbocycles. The van der Waals surface area contributed by atoms with Crippen LogP contribution in [0.4, 0.5) is 5.95 Å². The molecule has 3 heterocycles. The summed E-state index contributed by atoms with van der Waals surface area (Å²) in [5, 5.41) is 8.79. The molecule has 1 fully saturated rings. The molecule has 190 valence electrons. The number of ether oxygens (including phenoxy) is 3. The van der Waals surface area contributed by atoms with Gasteiger partial charge in [-0.25, -0.2) is 14.2 Å². The average molecular weight is 523 g/mol. The van der Waals surface area contributed by atoms with Crippen molar-refractivity contribution in [2.45, 2.75) is 44.8 Å². The van der Waals surface area contributed by atoms with Crippen LogP contribution in [0, 0.1) is 0 Å². The molecule has 3 unspecified atom stereocenters. The molecule has 0 radical (unpaired) electrons. The average Bonchev–Trinajstić information content (AvgIpc) is 3.25. The number of rotatable bonds is 9. The van der Waals surface area contributed by atoms with Crippen LogP contribution in [0.1, 0.15) is 51.2 Å². The van der Waals surface area contributed by atoms with E-state index in [-0.39, 0.29) is 17.1 Å². The first-order valence-corrected chi connectivity index (χ1v) is 12.9. The molecule has 2 aromatic heterocycles. The number of benzene rings is 1.